The van der Waals surface area contributed by atoms with Gasteiger partial charge in [0, 0.05) is 17.3 Å². The fraction of sp³-hybridized carbons (Fsp3) is 0. The van der Waals surface area contributed by atoms with E-state index in [0.29, 0.717) is 5.56 Å². The van der Waals surface area contributed by atoms with Crippen molar-refractivity contribution >= 4 is 11.6 Å². The Morgan fingerprint density at radius 1 is 1.14 bits per heavy atom. The summed E-state index contributed by atoms with van der Waals surface area (Å²) >= 11 is 0. The van der Waals surface area contributed by atoms with Gasteiger partial charge in [-0.05, 0) is 29.8 Å². The summed E-state index contributed by atoms with van der Waals surface area (Å²) in [5.41, 5.74) is 1.93. The molecule has 0 aliphatic heterocycles. The standard InChI is InChI=1S/C16H12FN3O2/c17-13-2-1-3-14(21)15(13)20-16(22)11-6-4-10(5-7-11)12-8-18-19-9-12/h1-9,21H,(H,18,19)(H,20,22). The Morgan fingerprint density at radius 3 is 2.55 bits per heavy atom. The number of nitrogens with zero attached hydrogens (tertiary/aromatic N) is 1. The number of carbonyl (C=O) groups excluding carboxylic acids is 1. The minimum absolute atomic E-state index is 0.230. The number of hydrogen-bond donors (Lipinski definition) is 3. The van der Waals surface area contributed by atoms with E-state index in [4.69, 9.17) is 0 Å². The Bertz CT molecular complexity index is 779. The van der Waals surface area contributed by atoms with Gasteiger partial charge in [-0.25, -0.2) is 4.39 Å². The van der Waals surface area contributed by atoms with Crippen LogP contribution in [0.4, 0.5) is 10.1 Å². The lowest BCUT2D eigenvalue weighted by Gasteiger charge is -2.08. The molecule has 5 nitrogen and oxygen atoms in total. The van der Waals surface area contributed by atoms with Crippen LogP contribution in [0.25, 0.3) is 11.1 Å². The Kier molecular flexibility index (Phi) is 3.57. The third-order valence-corrected chi connectivity index (χ3v) is 3.21. The summed E-state index contributed by atoms with van der Waals surface area (Å²) < 4.78 is 13.6. The van der Waals surface area contributed by atoms with Crippen LogP contribution in [0.1, 0.15) is 10.4 Å². The van der Waals surface area contributed by atoms with E-state index in [1.54, 1.807) is 36.7 Å². The molecule has 3 rings (SSSR count). The van der Waals surface area contributed by atoms with Gasteiger partial charge in [-0.1, -0.05) is 18.2 Å². The van der Waals surface area contributed by atoms with E-state index < -0.39 is 11.7 Å². The first-order valence-corrected chi connectivity index (χ1v) is 6.53. The molecule has 2 aromatic carbocycles. The second-order valence-electron chi connectivity index (χ2n) is 4.65. The number of nitrogens with one attached hydrogen (secondary N) is 2. The van der Waals surface area contributed by atoms with E-state index in [1.165, 1.54) is 12.1 Å². The monoisotopic (exact) mass is 297 g/mol. The molecule has 0 aliphatic carbocycles. The number of phenolic OH excluding ortho intramolecular Hbond substituents is 1. The van der Waals surface area contributed by atoms with Crippen LogP contribution in [0.3, 0.4) is 0 Å². The third-order valence-electron chi connectivity index (χ3n) is 3.21. The maximum atomic E-state index is 13.6. The van der Waals surface area contributed by atoms with Gasteiger partial charge in [0.2, 0.25) is 0 Å². The van der Waals surface area contributed by atoms with Crippen molar-refractivity contribution in [2.24, 2.45) is 0 Å². The van der Waals surface area contributed by atoms with Gasteiger partial charge in [-0.2, -0.15) is 5.10 Å². The van der Waals surface area contributed by atoms with Crippen molar-refractivity contribution in [2.75, 3.05) is 5.32 Å². The second-order valence-corrected chi connectivity index (χ2v) is 4.65. The Labute approximate surface area is 125 Å². The lowest BCUT2D eigenvalue weighted by atomic mass is 10.1. The minimum Gasteiger partial charge on any atom is -0.506 e. The average Bonchev–Trinajstić information content (AvgIpc) is 3.05. The number of anilines is 1. The van der Waals surface area contributed by atoms with Gasteiger partial charge in [0.15, 0.2) is 5.82 Å². The average molecular weight is 297 g/mol. The molecule has 1 aromatic heterocycles. The number of benzene rings is 2. The number of phenols is 1. The summed E-state index contributed by atoms with van der Waals surface area (Å²) in [4.78, 5) is 12.1. The maximum absolute atomic E-state index is 13.6. The number of aromatic amines is 1. The van der Waals surface area contributed by atoms with Crippen molar-refractivity contribution in [1.82, 2.24) is 10.2 Å². The number of para-hydroxylation sites is 1. The molecule has 3 aromatic rings. The van der Waals surface area contributed by atoms with Gasteiger partial charge in [0.05, 0.1) is 6.20 Å². The van der Waals surface area contributed by atoms with Crippen molar-refractivity contribution in [2.45, 2.75) is 0 Å². The molecule has 0 saturated carbocycles. The molecule has 0 bridgehead atoms. The Hall–Kier alpha value is -3.15. The van der Waals surface area contributed by atoms with Crippen LogP contribution in [0.15, 0.2) is 54.9 Å². The normalized spacial score (nSPS) is 10.4. The summed E-state index contributed by atoms with van der Waals surface area (Å²) in [6, 6.07) is 10.6. The number of amides is 1. The molecule has 0 unspecified atom stereocenters. The van der Waals surface area contributed by atoms with Gasteiger partial charge in [0.25, 0.3) is 5.91 Å². The van der Waals surface area contributed by atoms with Crippen LogP contribution < -0.4 is 5.32 Å². The first-order valence-electron chi connectivity index (χ1n) is 6.53. The molecule has 22 heavy (non-hydrogen) atoms. The fourth-order valence-electron chi connectivity index (χ4n) is 2.05. The molecular weight excluding hydrogens is 285 g/mol. The highest BCUT2D eigenvalue weighted by atomic mass is 19.1. The predicted molar refractivity (Wildman–Crippen MR) is 80.0 cm³/mol. The third kappa shape index (κ3) is 2.67. The molecule has 0 saturated heterocycles. The molecule has 1 amide bonds. The number of aromatic nitrogens is 2. The highest BCUT2D eigenvalue weighted by Gasteiger charge is 2.13. The van der Waals surface area contributed by atoms with Crippen LogP contribution in [0.2, 0.25) is 0 Å². The first-order chi connectivity index (χ1) is 10.6. The number of hydrogen-bond acceptors (Lipinski definition) is 3. The largest absolute Gasteiger partial charge is 0.506 e. The zero-order valence-electron chi connectivity index (χ0n) is 11.4. The molecule has 0 spiro atoms. The maximum Gasteiger partial charge on any atom is 0.255 e. The zero-order chi connectivity index (χ0) is 15.5. The van der Waals surface area contributed by atoms with Crippen LogP contribution in [-0.2, 0) is 0 Å². The highest BCUT2D eigenvalue weighted by molar-refractivity contribution is 6.05. The summed E-state index contributed by atoms with van der Waals surface area (Å²) in [5, 5.41) is 18.5. The number of halogens is 1. The topological polar surface area (TPSA) is 78.0 Å². The zero-order valence-corrected chi connectivity index (χ0v) is 11.4. The van der Waals surface area contributed by atoms with Crippen LogP contribution in [0, 0.1) is 5.82 Å². The number of aromatic hydroxyl groups is 1. The van der Waals surface area contributed by atoms with Crippen molar-refractivity contribution in [1.29, 1.82) is 0 Å². The van der Waals surface area contributed by atoms with Gasteiger partial charge in [-0.15, -0.1) is 0 Å². The molecule has 0 aliphatic rings. The summed E-state index contributed by atoms with van der Waals surface area (Å²) in [6.45, 7) is 0. The quantitative estimate of drug-likeness (QED) is 0.650. The second kappa shape index (κ2) is 5.69. The lowest BCUT2D eigenvalue weighted by Crippen LogP contribution is -2.13. The summed E-state index contributed by atoms with van der Waals surface area (Å²) in [6.07, 6.45) is 3.42. The van der Waals surface area contributed by atoms with E-state index in [0.717, 1.165) is 17.2 Å². The van der Waals surface area contributed by atoms with Crippen molar-refractivity contribution in [3.05, 3.63) is 66.2 Å². The van der Waals surface area contributed by atoms with Gasteiger partial charge < -0.3 is 10.4 Å². The molecule has 0 fully saturated rings. The van der Waals surface area contributed by atoms with E-state index >= 15 is 0 Å². The van der Waals surface area contributed by atoms with Crippen LogP contribution in [-0.4, -0.2) is 21.2 Å². The van der Waals surface area contributed by atoms with Gasteiger partial charge >= 0.3 is 0 Å². The molecular formula is C16H12FN3O2. The number of carbonyl (C=O) groups is 1. The number of rotatable bonds is 3. The predicted octanol–water partition coefficient (Wildman–Crippen LogP) is 3.17. The molecule has 110 valence electrons. The minimum atomic E-state index is -0.691. The van der Waals surface area contributed by atoms with Crippen molar-refractivity contribution < 1.29 is 14.3 Å². The van der Waals surface area contributed by atoms with E-state index in [2.05, 4.69) is 15.5 Å². The molecule has 6 heteroatoms. The smallest absolute Gasteiger partial charge is 0.255 e. The van der Waals surface area contributed by atoms with Crippen molar-refractivity contribution in [3.63, 3.8) is 0 Å². The SMILES string of the molecule is O=C(Nc1c(O)cccc1F)c1ccc(-c2cn[nH]c2)cc1. The molecule has 1 heterocycles. The molecule has 0 radical (unpaired) electrons. The number of H-pyrrole nitrogens is 1. The van der Waals surface area contributed by atoms with Crippen LogP contribution >= 0.6 is 0 Å². The fourth-order valence-corrected chi connectivity index (χ4v) is 2.05. The summed E-state index contributed by atoms with van der Waals surface area (Å²) in [7, 11) is 0. The molecule has 0 atom stereocenters. The Morgan fingerprint density at radius 2 is 1.91 bits per heavy atom. The summed E-state index contributed by atoms with van der Waals surface area (Å²) in [5.74, 6) is -1.51. The Balaban J connectivity index is 1.81. The van der Waals surface area contributed by atoms with E-state index in [9.17, 15) is 14.3 Å². The van der Waals surface area contributed by atoms with Gasteiger partial charge in [-0.3, -0.25) is 9.89 Å². The van der Waals surface area contributed by atoms with E-state index in [-0.39, 0.29) is 11.4 Å². The first kappa shape index (κ1) is 13.8. The van der Waals surface area contributed by atoms with E-state index in [1.807, 2.05) is 0 Å². The van der Waals surface area contributed by atoms with Gasteiger partial charge in [0.1, 0.15) is 11.4 Å². The van der Waals surface area contributed by atoms with Crippen molar-refractivity contribution in [3.8, 4) is 16.9 Å². The highest BCUT2D eigenvalue weighted by Crippen LogP contribution is 2.26. The van der Waals surface area contributed by atoms with Crippen LogP contribution in [0.5, 0.6) is 5.75 Å². The lowest BCUT2D eigenvalue weighted by molar-refractivity contribution is 0.102. The molecule has 3 N–H and O–H groups in total.